The molecule has 0 radical (unpaired) electrons. The van der Waals surface area contributed by atoms with E-state index in [4.69, 9.17) is 5.11 Å². The van der Waals surface area contributed by atoms with Crippen molar-refractivity contribution in [3.8, 4) is 0 Å². The number of hydrogen-bond acceptors (Lipinski definition) is 4. The van der Waals surface area contributed by atoms with Crippen molar-refractivity contribution in [2.75, 3.05) is 7.11 Å². The largest absolute Gasteiger partial charge is 0.481 e. The Morgan fingerprint density at radius 3 is 2.47 bits per heavy atom. The fourth-order valence-corrected chi connectivity index (χ4v) is 1.79. The normalized spacial score (nSPS) is 11.7. The van der Waals surface area contributed by atoms with E-state index in [9.17, 15) is 14.4 Å². The average molecular weight is 264 g/mol. The molecule has 0 fully saturated rings. The summed E-state index contributed by atoms with van der Waals surface area (Å²) in [5.74, 6) is -2.95. The number of carbonyl (C=O) groups is 3. The lowest BCUT2D eigenvalue weighted by atomic mass is 9.91. The Hall–Kier alpha value is -2.17. The molecular weight excluding hydrogens is 248 g/mol. The van der Waals surface area contributed by atoms with Gasteiger partial charge in [0.1, 0.15) is 0 Å². The van der Waals surface area contributed by atoms with E-state index in [1.807, 2.05) is 13.0 Å². The summed E-state index contributed by atoms with van der Waals surface area (Å²) in [6, 6.07) is 6.84. The number of ketones is 1. The lowest BCUT2D eigenvalue weighted by Gasteiger charge is -2.12. The van der Waals surface area contributed by atoms with Gasteiger partial charge in [-0.3, -0.25) is 14.4 Å². The number of ether oxygens (including phenoxy) is 1. The van der Waals surface area contributed by atoms with Gasteiger partial charge in [-0.15, -0.1) is 0 Å². The summed E-state index contributed by atoms with van der Waals surface area (Å²) in [7, 11) is 1.21. The van der Waals surface area contributed by atoms with Gasteiger partial charge in [-0.25, -0.2) is 0 Å². The molecule has 0 bridgehead atoms. The third kappa shape index (κ3) is 4.54. The van der Waals surface area contributed by atoms with Crippen LogP contribution in [0.15, 0.2) is 24.3 Å². The lowest BCUT2D eigenvalue weighted by Crippen LogP contribution is -2.22. The zero-order valence-corrected chi connectivity index (χ0v) is 10.9. The quantitative estimate of drug-likeness (QED) is 0.626. The minimum atomic E-state index is -1.12. The minimum absolute atomic E-state index is 0.227. The summed E-state index contributed by atoms with van der Waals surface area (Å²) in [6.07, 6.45) is -0.614. The molecule has 102 valence electrons. The maximum absolute atomic E-state index is 12.2. The molecule has 0 heterocycles. The highest BCUT2D eigenvalue weighted by Gasteiger charge is 2.26. The van der Waals surface area contributed by atoms with Crippen LogP contribution in [0.3, 0.4) is 0 Å². The van der Waals surface area contributed by atoms with Crippen molar-refractivity contribution in [2.24, 2.45) is 5.92 Å². The number of rotatable bonds is 6. The summed E-state index contributed by atoms with van der Waals surface area (Å²) in [6.45, 7) is 1.84. The third-order valence-electron chi connectivity index (χ3n) is 2.74. The van der Waals surface area contributed by atoms with Gasteiger partial charge in [0.25, 0.3) is 0 Å². The van der Waals surface area contributed by atoms with Crippen molar-refractivity contribution in [1.29, 1.82) is 0 Å². The Labute approximate surface area is 111 Å². The summed E-state index contributed by atoms with van der Waals surface area (Å²) in [5, 5.41) is 8.82. The van der Waals surface area contributed by atoms with Gasteiger partial charge >= 0.3 is 11.9 Å². The van der Waals surface area contributed by atoms with Gasteiger partial charge in [0, 0.05) is 11.5 Å². The van der Waals surface area contributed by atoms with Gasteiger partial charge < -0.3 is 9.84 Å². The van der Waals surface area contributed by atoms with Gasteiger partial charge in [-0.05, 0) is 13.0 Å². The molecule has 5 nitrogen and oxygen atoms in total. The van der Waals surface area contributed by atoms with Crippen molar-refractivity contribution < 1.29 is 24.2 Å². The lowest BCUT2D eigenvalue weighted by molar-refractivity contribution is -0.142. The molecule has 1 unspecified atom stereocenters. The zero-order valence-electron chi connectivity index (χ0n) is 10.9. The average Bonchev–Trinajstić information content (AvgIpc) is 2.36. The first kappa shape index (κ1) is 14.9. The first-order valence-electron chi connectivity index (χ1n) is 5.83. The molecule has 19 heavy (non-hydrogen) atoms. The van der Waals surface area contributed by atoms with E-state index in [2.05, 4.69) is 4.74 Å². The number of methoxy groups -OCH3 is 1. The molecule has 0 saturated carbocycles. The second-order valence-electron chi connectivity index (χ2n) is 4.31. The predicted molar refractivity (Wildman–Crippen MR) is 67.9 cm³/mol. The molecule has 1 aromatic carbocycles. The molecule has 0 saturated heterocycles. The second kappa shape index (κ2) is 6.68. The number of esters is 1. The monoisotopic (exact) mass is 264 g/mol. The predicted octanol–water partition coefficient (Wildman–Crippen LogP) is 1.83. The van der Waals surface area contributed by atoms with Crippen LogP contribution in [0, 0.1) is 12.8 Å². The number of hydrogen-bond donors (Lipinski definition) is 1. The van der Waals surface area contributed by atoms with Crippen LogP contribution in [0.1, 0.15) is 28.8 Å². The van der Waals surface area contributed by atoms with Crippen LogP contribution in [-0.4, -0.2) is 29.9 Å². The standard InChI is InChI=1S/C14H16O5/c1-9-4-3-5-10(6-9)14(18)11(7-12(15)16)8-13(17)19-2/h3-6,11H,7-8H2,1-2H3,(H,15,16). The number of aliphatic carboxylic acids is 1. The minimum Gasteiger partial charge on any atom is -0.481 e. The maximum Gasteiger partial charge on any atom is 0.306 e. The van der Waals surface area contributed by atoms with E-state index in [1.54, 1.807) is 18.2 Å². The van der Waals surface area contributed by atoms with Crippen LogP contribution >= 0.6 is 0 Å². The highest BCUT2D eigenvalue weighted by molar-refractivity contribution is 6.01. The van der Waals surface area contributed by atoms with Crippen LogP contribution in [0.4, 0.5) is 0 Å². The van der Waals surface area contributed by atoms with Crippen LogP contribution in [0.2, 0.25) is 0 Å². The van der Waals surface area contributed by atoms with Crippen molar-refractivity contribution in [3.05, 3.63) is 35.4 Å². The summed E-state index contributed by atoms with van der Waals surface area (Å²) >= 11 is 0. The van der Waals surface area contributed by atoms with E-state index in [0.717, 1.165) is 5.56 Å². The topological polar surface area (TPSA) is 80.7 Å². The fraction of sp³-hybridized carbons (Fsp3) is 0.357. The summed E-state index contributed by atoms with van der Waals surface area (Å²) in [4.78, 5) is 34.2. The fourth-order valence-electron chi connectivity index (χ4n) is 1.79. The number of carboxylic acids is 1. The number of aryl methyl sites for hydroxylation is 1. The molecule has 0 aliphatic heterocycles. The highest BCUT2D eigenvalue weighted by atomic mass is 16.5. The van der Waals surface area contributed by atoms with Crippen molar-refractivity contribution in [3.63, 3.8) is 0 Å². The first-order valence-corrected chi connectivity index (χ1v) is 5.83. The molecule has 0 spiro atoms. The Morgan fingerprint density at radius 1 is 1.26 bits per heavy atom. The van der Waals surface area contributed by atoms with E-state index in [0.29, 0.717) is 5.56 Å². The van der Waals surface area contributed by atoms with Gasteiger partial charge in [0.2, 0.25) is 0 Å². The van der Waals surface area contributed by atoms with Gasteiger partial charge in [0.15, 0.2) is 5.78 Å². The molecular formula is C14H16O5. The van der Waals surface area contributed by atoms with Gasteiger partial charge in [0.05, 0.1) is 20.0 Å². The van der Waals surface area contributed by atoms with Crippen LogP contribution in [0.25, 0.3) is 0 Å². The molecule has 1 atom stereocenters. The third-order valence-corrected chi connectivity index (χ3v) is 2.74. The van der Waals surface area contributed by atoms with Crippen LogP contribution in [-0.2, 0) is 14.3 Å². The molecule has 0 aromatic heterocycles. The van der Waals surface area contributed by atoms with E-state index in [1.165, 1.54) is 7.11 Å². The van der Waals surface area contributed by atoms with Gasteiger partial charge in [-0.2, -0.15) is 0 Å². The maximum atomic E-state index is 12.2. The molecule has 1 N–H and O–H groups in total. The molecule has 1 aromatic rings. The summed E-state index contributed by atoms with van der Waals surface area (Å²) in [5.41, 5.74) is 1.31. The van der Waals surface area contributed by atoms with Crippen molar-refractivity contribution in [1.82, 2.24) is 0 Å². The number of carboxylic acid groups (broad SMARTS) is 1. The van der Waals surface area contributed by atoms with E-state index >= 15 is 0 Å². The number of carbonyl (C=O) groups excluding carboxylic acids is 2. The molecule has 0 aliphatic rings. The molecule has 0 amide bonds. The first-order chi connectivity index (χ1) is 8.93. The smallest absolute Gasteiger partial charge is 0.306 e. The summed E-state index contributed by atoms with van der Waals surface area (Å²) < 4.78 is 4.49. The van der Waals surface area contributed by atoms with Crippen molar-refractivity contribution >= 4 is 17.7 Å². The number of benzene rings is 1. The van der Waals surface area contributed by atoms with Crippen molar-refractivity contribution in [2.45, 2.75) is 19.8 Å². The van der Waals surface area contributed by atoms with E-state index < -0.39 is 17.9 Å². The second-order valence-corrected chi connectivity index (χ2v) is 4.31. The molecule has 5 heteroatoms. The Morgan fingerprint density at radius 2 is 1.95 bits per heavy atom. The van der Waals surface area contributed by atoms with Crippen LogP contribution < -0.4 is 0 Å². The zero-order chi connectivity index (χ0) is 14.4. The Kier molecular flexibility index (Phi) is 5.23. The van der Waals surface area contributed by atoms with Gasteiger partial charge in [-0.1, -0.05) is 23.8 Å². The number of Topliss-reactive ketones (excluding diaryl/α,β-unsaturated/α-hetero) is 1. The highest BCUT2D eigenvalue weighted by Crippen LogP contribution is 2.18. The SMILES string of the molecule is COC(=O)CC(CC(=O)O)C(=O)c1cccc(C)c1. The Bertz CT molecular complexity index is 492. The molecule has 0 aliphatic carbocycles. The van der Waals surface area contributed by atoms with E-state index in [-0.39, 0.29) is 18.6 Å². The van der Waals surface area contributed by atoms with Crippen LogP contribution in [0.5, 0.6) is 0 Å². The molecule has 1 rings (SSSR count). The Balaban J connectivity index is 2.93.